The molecule has 0 amide bonds. The smallest absolute Gasteiger partial charge is 0.207 e. The fourth-order valence-electron chi connectivity index (χ4n) is 1.30. The number of hydrogen-bond donors (Lipinski definition) is 0. The summed E-state index contributed by atoms with van der Waals surface area (Å²) in [5, 5.41) is 14.5. The Labute approximate surface area is 118 Å². The molecule has 0 bridgehead atoms. The third kappa shape index (κ3) is 4.36. The Morgan fingerprint density at radius 1 is 0.800 bits per heavy atom. The van der Waals surface area contributed by atoms with Crippen molar-refractivity contribution in [2.45, 2.75) is 0 Å². The van der Waals surface area contributed by atoms with Crippen molar-refractivity contribution >= 4 is 28.7 Å². The summed E-state index contributed by atoms with van der Waals surface area (Å²) in [6, 6.07) is 11.1. The van der Waals surface area contributed by atoms with Crippen LogP contribution in [0, 0.1) is 11.6 Å². The third-order valence-electron chi connectivity index (χ3n) is 2.12. The summed E-state index contributed by atoms with van der Waals surface area (Å²) in [7, 11) is 0. The SMILES string of the molecule is Fc1cccc(N=NC(=S)N=Nc2cccc(F)c2)c1. The average molecular weight is 290 g/mol. The van der Waals surface area contributed by atoms with Gasteiger partial charge in [-0.05, 0) is 36.5 Å². The quantitative estimate of drug-likeness (QED) is 0.559. The van der Waals surface area contributed by atoms with Crippen LogP contribution in [0.1, 0.15) is 0 Å². The lowest BCUT2D eigenvalue weighted by Crippen LogP contribution is -1.79. The van der Waals surface area contributed by atoms with Crippen LogP contribution in [0.5, 0.6) is 0 Å². The highest BCUT2D eigenvalue weighted by atomic mass is 32.1. The lowest BCUT2D eigenvalue weighted by molar-refractivity contribution is 0.627. The van der Waals surface area contributed by atoms with Crippen molar-refractivity contribution in [3.8, 4) is 0 Å². The van der Waals surface area contributed by atoms with E-state index in [0.29, 0.717) is 11.4 Å². The maximum Gasteiger partial charge on any atom is 0.259 e. The van der Waals surface area contributed by atoms with Gasteiger partial charge in [-0.15, -0.1) is 20.5 Å². The molecule has 20 heavy (non-hydrogen) atoms. The number of benzene rings is 2. The first kappa shape index (κ1) is 14.0. The Kier molecular flexibility index (Phi) is 4.67. The van der Waals surface area contributed by atoms with Crippen LogP contribution < -0.4 is 0 Å². The van der Waals surface area contributed by atoms with Gasteiger partial charge >= 0.3 is 0 Å². The van der Waals surface area contributed by atoms with Gasteiger partial charge in [0.25, 0.3) is 5.11 Å². The summed E-state index contributed by atoms with van der Waals surface area (Å²) >= 11 is 4.81. The summed E-state index contributed by atoms with van der Waals surface area (Å²) < 4.78 is 25.8. The van der Waals surface area contributed by atoms with Crippen LogP contribution >= 0.6 is 12.2 Å². The molecule has 0 aliphatic carbocycles. The van der Waals surface area contributed by atoms with E-state index in [9.17, 15) is 8.78 Å². The molecule has 0 fully saturated rings. The summed E-state index contributed by atoms with van der Waals surface area (Å²) in [5.41, 5.74) is 0.626. The summed E-state index contributed by atoms with van der Waals surface area (Å²) in [4.78, 5) is 0. The topological polar surface area (TPSA) is 49.4 Å². The molecule has 0 heterocycles. The van der Waals surface area contributed by atoms with Crippen molar-refractivity contribution in [2.24, 2.45) is 20.5 Å². The zero-order valence-electron chi connectivity index (χ0n) is 10.1. The van der Waals surface area contributed by atoms with Gasteiger partial charge in [-0.1, -0.05) is 12.1 Å². The highest BCUT2D eigenvalue weighted by molar-refractivity contribution is 7.80. The largest absolute Gasteiger partial charge is 0.259 e. The first-order chi connectivity index (χ1) is 9.63. The second-order valence-corrected chi connectivity index (χ2v) is 4.01. The highest BCUT2D eigenvalue weighted by Gasteiger charge is 1.95. The molecule has 100 valence electrons. The number of nitrogens with zero attached hydrogens (tertiary/aromatic N) is 4. The Hall–Kier alpha value is -2.41. The van der Waals surface area contributed by atoms with Crippen LogP contribution in [0.25, 0.3) is 0 Å². The van der Waals surface area contributed by atoms with Gasteiger partial charge < -0.3 is 0 Å². The molecule has 7 heteroatoms. The number of halogens is 2. The molecule has 2 aromatic carbocycles. The maximum atomic E-state index is 12.9. The van der Waals surface area contributed by atoms with Gasteiger partial charge in [0, 0.05) is 12.1 Å². The van der Waals surface area contributed by atoms with Crippen LogP contribution in [0.3, 0.4) is 0 Å². The van der Waals surface area contributed by atoms with E-state index in [-0.39, 0.29) is 5.11 Å². The molecule has 2 aromatic rings. The molecule has 0 spiro atoms. The summed E-state index contributed by atoms with van der Waals surface area (Å²) in [6.07, 6.45) is 0. The van der Waals surface area contributed by atoms with Crippen LogP contribution in [0.4, 0.5) is 20.2 Å². The molecule has 0 aromatic heterocycles. The van der Waals surface area contributed by atoms with E-state index < -0.39 is 11.6 Å². The van der Waals surface area contributed by atoms with E-state index >= 15 is 0 Å². The number of hydrogen-bond acceptors (Lipinski definition) is 3. The van der Waals surface area contributed by atoms with Gasteiger partial charge in [-0.3, -0.25) is 0 Å². The van der Waals surface area contributed by atoms with Gasteiger partial charge in [0.2, 0.25) is 0 Å². The minimum atomic E-state index is -0.422. The first-order valence-electron chi connectivity index (χ1n) is 5.52. The second-order valence-electron chi connectivity index (χ2n) is 3.64. The van der Waals surface area contributed by atoms with E-state index in [1.807, 2.05) is 0 Å². The standard InChI is InChI=1S/C13H8F2N4S/c14-9-3-1-5-11(7-9)16-18-13(20)19-17-12-6-2-4-10(15)8-12/h1-8H. The van der Waals surface area contributed by atoms with Gasteiger partial charge in [-0.2, -0.15) is 0 Å². The van der Waals surface area contributed by atoms with Crippen LogP contribution in [-0.2, 0) is 0 Å². The molecule has 0 atom stereocenters. The monoisotopic (exact) mass is 290 g/mol. The average Bonchev–Trinajstić information content (AvgIpc) is 2.43. The lowest BCUT2D eigenvalue weighted by Gasteiger charge is -1.92. The van der Waals surface area contributed by atoms with Gasteiger partial charge in [0.1, 0.15) is 11.6 Å². The van der Waals surface area contributed by atoms with Gasteiger partial charge in [0.15, 0.2) is 0 Å². The minimum Gasteiger partial charge on any atom is -0.207 e. The lowest BCUT2D eigenvalue weighted by atomic mass is 10.3. The molecule has 0 saturated heterocycles. The Bertz CT molecular complexity index is 628. The van der Waals surface area contributed by atoms with E-state index in [1.54, 1.807) is 12.1 Å². The minimum absolute atomic E-state index is 0.140. The molecule has 0 unspecified atom stereocenters. The molecule has 2 rings (SSSR count). The molecule has 0 saturated carbocycles. The predicted molar refractivity (Wildman–Crippen MR) is 74.4 cm³/mol. The number of azo groups is 2. The van der Waals surface area contributed by atoms with Gasteiger partial charge in [-0.25, -0.2) is 8.78 Å². The molecule has 0 N–H and O–H groups in total. The maximum absolute atomic E-state index is 12.9. The molecular formula is C13H8F2N4S. The van der Waals surface area contributed by atoms with E-state index in [4.69, 9.17) is 12.2 Å². The van der Waals surface area contributed by atoms with Crippen molar-refractivity contribution in [1.82, 2.24) is 0 Å². The van der Waals surface area contributed by atoms with E-state index in [0.717, 1.165) is 0 Å². The summed E-state index contributed by atoms with van der Waals surface area (Å²) in [6.45, 7) is 0. The fraction of sp³-hybridized carbons (Fsp3) is 0. The normalized spacial score (nSPS) is 11.3. The Morgan fingerprint density at radius 3 is 1.65 bits per heavy atom. The molecular weight excluding hydrogens is 282 g/mol. The third-order valence-corrected chi connectivity index (χ3v) is 2.28. The molecule has 0 radical (unpaired) electrons. The summed E-state index contributed by atoms with van der Waals surface area (Å²) in [5.74, 6) is -0.845. The second kappa shape index (κ2) is 6.67. The zero-order chi connectivity index (χ0) is 14.4. The van der Waals surface area contributed by atoms with Crippen molar-refractivity contribution < 1.29 is 8.78 Å². The molecule has 0 aliphatic heterocycles. The zero-order valence-corrected chi connectivity index (χ0v) is 10.9. The fourth-order valence-corrected chi connectivity index (χ4v) is 1.38. The number of thiocarbonyl (C=S) groups is 1. The molecule has 0 aliphatic rings. The van der Waals surface area contributed by atoms with Crippen LogP contribution in [0.2, 0.25) is 0 Å². The van der Waals surface area contributed by atoms with Crippen molar-refractivity contribution in [1.29, 1.82) is 0 Å². The van der Waals surface area contributed by atoms with Crippen LogP contribution in [0.15, 0.2) is 69.0 Å². The van der Waals surface area contributed by atoms with Crippen molar-refractivity contribution in [3.05, 3.63) is 60.2 Å². The van der Waals surface area contributed by atoms with Crippen molar-refractivity contribution in [3.63, 3.8) is 0 Å². The number of rotatable bonds is 2. The highest BCUT2D eigenvalue weighted by Crippen LogP contribution is 2.15. The van der Waals surface area contributed by atoms with Crippen molar-refractivity contribution in [2.75, 3.05) is 0 Å². The first-order valence-corrected chi connectivity index (χ1v) is 5.93. The van der Waals surface area contributed by atoms with E-state index in [1.165, 1.54) is 36.4 Å². The molecule has 4 nitrogen and oxygen atoms in total. The van der Waals surface area contributed by atoms with Gasteiger partial charge in [0.05, 0.1) is 11.4 Å². The predicted octanol–water partition coefficient (Wildman–Crippen LogP) is 5.12. The Morgan fingerprint density at radius 2 is 1.25 bits per heavy atom. The Balaban J connectivity index is 2.02. The van der Waals surface area contributed by atoms with Crippen LogP contribution in [-0.4, -0.2) is 5.11 Å². The van der Waals surface area contributed by atoms with E-state index in [2.05, 4.69) is 20.5 Å².